The van der Waals surface area contributed by atoms with E-state index in [0.29, 0.717) is 17.1 Å². The van der Waals surface area contributed by atoms with Crippen LogP contribution >= 0.6 is 0 Å². The number of benzene rings is 2. The number of anilines is 1. The van der Waals surface area contributed by atoms with Gasteiger partial charge in [-0.15, -0.1) is 0 Å². The quantitative estimate of drug-likeness (QED) is 0.478. The fourth-order valence-corrected chi connectivity index (χ4v) is 3.59. The Kier molecular flexibility index (Phi) is 6.77. The summed E-state index contributed by atoms with van der Waals surface area (Å²) in [7, 11) is 0. The van der Waals surface area contributed by atoms with Gasteiger partial charge < -0.3 is 15.4 Å². The number of nitrogens with one attached hydrogen (secondary N) is 2. The largest absolute Gasteiger partial charge is 0.457 e. The summed E-state index contributed by atoms with van der Waals surface area (Å²) in [5, 5.41) is 6.22. The summed E-state index contributed by atoms with van der Waals surface area (Å²) in [6.07, 6.45) is 3.56. The summed E-state index contributed by atoms with van der Waals surface area (Å²) in [5.41, 5.74) is 4.22. The van der Waals surface area contributed by atoms with Gasteiger partial charge in [0.1, 0.15) is 23.0 Å². The Bertz CT molecular complexity index is 1260. The van der Waals surface area contributed by atoms with Gasteiger partial charge in [0, 0.05) is 30.1 Å². The summed E-state index contributed by atoms with van der Waals surface area (Å²) in [5.74, 6) is 2.01. The van der Waals surface area contributed by atoms with Crippen LogP contribution in [0.15, 0.2) is 77.4 Å². The molecule has 0 atom stereocenters. The Morgan fingerprint density at radius 3 is 2.62 bits per heavy atom. The lowest BCUT2D eigenvalue weighted by Gasteiger charge is -2.20. The van der Waals surface area contributed by atoms with Crippen molar-refractivity contribution < 1.29 is 9.53 Å². The molecule has 1 aliphatic rings. The number of rotatable bonds is 6. The zero-order chi connectivity index (χ0) is 24.1. The van der Waals surface area contributed by atoms with Gasteiger partial charge in [-0.25, -0.2) is 0 Å². The van der Waals surface area contributed by atoms with Crippen LogP contribution in [0.4, 0.5) is 5.69 Å². The van der Waals surface area contributed by atoms with Crippen LogP contribution in [0.3, 0.4) is 0 Å². The van der Waals surface area contributed by atoms with Crippen LogP contribution in [0.25, 0.3) is 6.08 Å². The molecule has 0 saturated heterocycles. The Hall–Kier alpha value is -3.93. The van der Waals surface area contributed by atoms with Gasteiger partial charge in [-0.1, -0.05) is 45.0 Å². The molecule has 6 nitrogen and oxygen atoms in total. The van der Waals surface area contributed by atoms with Crippen molar-refractivity contribution in [3.63, 3.8) is 0 Å². The minimum absolute atomic E-state index is 0.0166. The van der Waals surface area contributed by atoms with E-state index < -0.39 is 0 Å². The number of hydrogen-bond acceptors (Lipinski definition) is 5. The van der Waals surface area contributed by atoms with Crippen molar-refractivity contribution in [2.75, 3.05) is 18.4 Å². The highest BCUT2D eigenvalue weighted by Crippen LogP contribution is 2.26. The molecule has 1 aliphatic heterocycles. The highest BCUT2D eigenvalue weighted by molar-refractivity contribution is 6.06. The molecule has 0 saturated carbocycles. The lowest BCUT2D eigenvalue weighted by atomic mass is 9.87. The van der Waals surface area contributed by atoms with Crippen LogP contribution in [-0.2, 0) is 10.2 Å². The normalized spacial score (nSPS) is 13.8. The van der Waals surface area contributed by atoms with Gasteiger partial charge in [0.05, 0.1) is 6.54 Å². The van der Waals surface area contributed by atoms with Crippen LogP contribution in [0.1, 0.15) is 44.5 Å². The molecule has 1 amide bonds. The van der Waals surface area contributed by atoms with E-state index in [1.54, 1.807) is 13.1 Å². The topological polar surface area (TPSA) is 75.6 Å². The minimum atomic E-state index is -0.138. The van der Waals surface area contributed by atoms with Crippen molar-refractivity contribution >= 4 is 23.5 Å². The van der Waals surface area contributed by atoms with E-state index in [9.17, 15) is 4.79 Å². The molecular weight excluding hydrogens is 424 g/mol. The molecule has 0 fully saturated rings. The number of aliphatic imine (C=N–C) groups is 1. The first-order chi connectivity index (χ1) is 16.3. The van der Waals surface area contributed by atoms with Gasteiger partial charge in [-0.05, 0) is 59.9 Å². The van der Waals surface area contributed by atoms with Gasteiger partial charge in [0.15, 0.2) is 0 Å². The van der Waals surface area contributed by atoms with Crippen molar-refractivity contribution in [1.82, 2.24) is 10.3 Å². The molecule has 0 bridgehead atoms. The first-order valence-electron chi connectivity index (χ1n) is 11.4. The second-order valence-corrected chi connectivity index (χ2v) is 9.32. The first-order valence-corrected chi connectivity index (χ1v) is 11.4. The molecule has 4 rings (SSSR count). The van der Waals surface area contributed by atoms with E-state index in [0.717, 1.165) is 35.9 Å². The van der Waals surface area contributed by atoms with Crippen LogP contribution in [0.2, 0.25) is 0 Å². The van der Waals surface area contributed by atoms with E-state index in [-0.39, 0.29) is 11.3 Å². The molecule has 0 aliphatic carbocycles. The predicted molar refractivity (Wildman–Crippen MR) is 138 cm³/mol. The number of aromatic nitrogens is 1. The van der Waals surface area contributed by atoms with E-state index in [4.69, 9.17) is 4.74 Å². The third-order valence-electron chi connectivity index (χ3n) is 5.47. The fraction of sp³-hybridized carbons (Fsp3) is 0.250. The molecule has 0 spiro atoms. The molecule has 6 heteroatoms. The maximum absolute atomic E-state index is 12.8. The van der Waals surface area contributed by atoms with E-state index in [1.165, 1.54) is 5.56 Å². The number of amides is 1. The van der Waals surface area contributed by atoms with Crippen LogP contribution in [0.5, 0.6) is 11.5 Å². The zero-order valence-corrected chi connectivity index (χ0v) is 20.1. The maximum atomic E-state index is 12.8. The van der Waals surface area contributed by atoms with Gasteiger partial charge in [0.25, 0.3) is 5.91 Å². The minimum Gasteiger partial charge on any atom is -0.457 e. The van der Waals surface area contributed by atoms with Gasteiger partial charge in [-0.2, -0.15) is 0 Å². The summed E-state index contributed by atoms with van der Waals surface area (Å²) >= 11 is 0. The molecule has 3 aromatic rings. The van der Waals surface area contributed by atoms with E-state index in [1.807, 2.05) is 60.7 Å². The number of carbonyl (C=O) groups is 1. The zero-order valence-electron chi connectivity index (χ0n) is 20.1. The molecule has 2 N–H and O–H groups in total. The highest BCUT2D eigenvalue weighted by atomic mass is 16.5. The molecule has 0 unspecified atom stereocenters. The SMILES string of the molecule is CC(=Cc1cccc(Oc2ccnc(C3=NCCN3)c2)c1)C(=O)Nc1cccc(C(C)(C)C)c1. The molecule has 2 aromatic carbocycles. The fourth-order valence-electron chi connectivity index (χ4n) is 3.59. The van der Waals surface area contributed by atoms with Crippen molar-refractivity contribution in [3.05, 3.63) is 89.3 Å². The van der Waals surface area contributed by atoms with Crippen LogP contribution in [-0.4, -0.2) is 29.8 Å². The lowest BCUT2D eigenvalue weighted by Crippen LogP contribution is -2.20. The predicted octanol–water partition coefficient (Wildman–Crippen LogP) is 5.56. The summed E-state index contributed by atoms with van der Waals surface area (Å²) in [4.78, 5) is 21.6. The van der Waals surface area contributed by atoms with E-state index >= 15 is 0 Å². The number of nitrogens with zero attached hydrogens (tertiary/aromatic N) is 2. The summed E-state index contributed by atoms with van der Waals surface area (Å²) < 4.78 is 6.05. The average molecular weight is 455 g/mol. The van der Waals surface area contributed by atoms with Crippen molar-refractivity contribution in [3.8, 4) is 11.5 Å². The number of amidine groups is 1. The third kappa shape index (κ3) is 5.90. The van der Waals surface area contributed by atoms with E-state index in [2.05, 4.69) is 47.4 Å². The standard InChI is InChI=1S/C28H30N4O2/c1-19(27(33)32-22-9-6-8-21(17-22)28(2,3)4)15-20-7-5-10-23(16-20)34-24-11-12-29-25(18-24)26-30-13-14-31-26/h5-12,15-18H,13-14H2,1-4H3,(H,30,31)(H,32,33). The third-order valence-corrected chi connectivity index (χ3v) is 5.47. The molecule has 174 valence electrons. The first kappa shape index (κ1) is 23.2. The van der Waals surface area contributed by atoms with Gasteiger partial charge in [-0.3, -0.25) is 14.8 Å². The Morgan fingerprint density at radius 1 is 1.06 bits per heavy atom. The molecule has 2 heterocycles. The van der Waals surface area contributed by atoms with Crippen molar-refractivity contribution in [2.24, 2.45) is 4.99 Å². The summed E-state index contributed by atoms with van der Waals surface area (Å²) in [6.45, 7) is 9.85. The number of pyridine rings is 1. The Morgan fingerprint density at radius 2 is 1.85 bits per heavy atom. The molecule has 34 heavy (non-hydrogen) atoms. The Balaban J connectivity index is 1.46. The average Bonchev–Trinajstić information content (AvgIpc) is 3.34. The molecular formula is C28H30N4O2. The number of ether oxygens (including phenoxy) is 1. The number of carbonyl (C=O) groups excluding carboxylic acids is 1. The van der Waals surface area contributed by atoms with Crippen molar-refractivity contribution in [1.29, 1.82) is 0 Å². The Labute approximate surface area is 200 Å². The van der Waals surface area contributed by atoms with Crippen LogP contribution in [0, 0.1) is 0 Å². The smallest absolute Gasteiger partial charge is 0.251 e. The molecule has 1 aromatic heterocycles. The van der Waals surface area contributed by atoms with Gasteiger partial charge >= 0.3 is 0 Å². The van der Waals surface area contributed by atoms with Crippen LogP contribution < -0.4 is 15.4 Å². The molecule has 0 radical (unpaired) electrons. The lowest BCUT2D eigenvalue weighted by molar-refractivity contribution is -0.112. The van der Waals surface area contributed by atoms with Crippen molar-refractivity contribution in [2.45, 2.75) is 33.1 Å². The summed E-state index contributed by atoms with van der Waals surface area (Å²) in [6, 6.07) is 19.3. The second-order valence-electron chi connectivity index (χ2n) is 9.32. The number of hydrogen-bond donors (Lipinski definition) is 2. The van der Waals surface area contributed by atoms with Gasteiger partial charge in [0.2, 0.25) is 0 Å². The maximum Gasteiger partial charge on any atom is 0.251 e. The monoisotopic (exact) mass is 454 g/mol. The second kappa shape index (κ2) is 9.91. The highest BCUT2D eigenvalue weighted by Gasteiger charge is 2.15.